The largest absolute Gasteiger partial charge is 0.426 e. The van der Waals surface area contributed by atoms with Crippen molar-refractivity contribution in [2.24, 2.45) is 0 Å². The predicted octanol–water partition coefficient (Wildman–Crippen LogP) is 1.89. The van der Waals surface area contributed by atoms with Gasteiger partial charge >= 0.3 is 5.97 Å². The third-order valence-electron chi connectivity index (χ3n) is 2.83. The van der Waals surface area contributed by atoms with E-state index in [2.05, 4.69) is 10.3 Å². The SMILES string of the molecule is CNC(=O)c1cc(OC(=O)CCCCCC(C)=O)ccn1. The fourth-order valence-electron chi connectivity index (χ4n) is 1.73. The van der Waals surface area contributed by atoms with E-state index in [1.807, 2.05) is 0 Å². The van der Waals surface area contributed by atoms with Gasteiger partial charge in [0.15, 0.2) is 0 Å². The van der Waals surface area contributed by atoms with E-state index in [4.69, 9.17) is 4.74 Å². The Morgan fingerprint density at radius 1 is 1.19 bits per heavy atom. The van der Waals surface area contributed by atoms with E-state index in [0.717, 1.165) is 12.8 Å². The third kappa shape index (κ3) is 6.65. The molecule has 0 aliphatic heterocycles. The summed E-state index contributed by atoms with van der Waals surface area (Å²) in [6.07, 6.45) is 4.54. The van der Waals surface area contributed by atoms with Crippen molar-refractivity contribution in [2.45, 2.75) is 39.0 Å². The molecule has 0 saturated heterocycles. The lowest BCUT2D eigenvalue weighted by molar-refractivity contribution is -0.134. The molecule has 1 aromatic heterocycles. The van der Waals surface area contributed by atoms with Crippen LogP contribution in [0.4, 0.5) is 0 Å². The molecular weight excluding hydrogens is 272 g/mol. The van der Waals surface area contributed by atoms with Gasteiger partial charge in [-0.05, 0) is 25.8 Å². The van der Waals surface area contributed by atoms with Gasteiger partial charge in [-0.2, -0.15) is 0 Å². The van der Waals surface area contributed by atoms with E-state index in [1.165, 1.54) is 25.4 Å². The van der Waals surface area contributed by atoms with Gasteiger partial charge in [0.1, 0.15) is 17.2 Å². The summed E-state index contributed by atoms with van der Waals surface area (Å²) in [6, 6.07) is 2.95. The fraction of sp³-hybridized carbons (Fsp3) is 0.467. The van der Waals surface area contributed by atoms with Crippen LogP contribution in [-0.4, -0.2) is 29.7 Å². The number of carbonyl (C=O) groups excluding carboxylic acids is 3. The van der Waals surface area contributed by atoms with Crippen LogP contribution in [0.15, 0.2) is 18.3 Å². The molecule has 6 nitrogen and oxygen atoms in total. The average molecular weight is 292 g/mol. The molecule has 0 radical (unpaired) electrons. The van der Waals surface area contributed by atoms with Crippen LogP contribution in [0.25, 0.3) is 0 Å². The molecular formula is C15H20N2O4. The number of carbonyl (C=O) groups is 3. The molecule has 0 spiro atoms. The van der Waals surface area contributed by atoms with Crippen LogP contribution in [0.1, 0.15) is 49.5 Å². The lowest BCUT2D eigenvalue weighted by Crippen LogP contribution is -2.19. The van der Waals surface area contributed by atoms with Crippen LogP contribution in [0, 0.1) is 0 Å². The van der Waals surface area contributed by atoms with Gasteiger partial charge in [-0.1, -0.05) is 6.42 Å². The number of nitrogens with zero attached hydrogens (tertiary/aromatic N) is 1. The molecule has 0 unspecified atom stereocenters. The minimum absolute atomic E-state index is 0.163. The quantitative estimate of drug-likeness (QED) is 0.584. The van der Waals surface area contributed by atoms with Crippen molar-refractivity contribution >= 4 is 17.7 Å². The molecule has 0 aliphatic rings. The Morgan fingerprint density at radius 2 is 1.90 bits per heavy atom. The number of amides is 1. The van der Waals surface area contributed by atoms with E-state index < -0.39 is 0 Å². The predicted molar refractivity (Wildman–Crippen MR) is 77.0 cm³/mol. The molecule has 1 amide bonds. The maximum atomic E-state index is 11.7. The van der Waals surface area contributed by atoms with Gasteiger partial charge in [0.25, 0.3) is 5.91 Å². The summed E-state index contributed by atoms with van der Waals surface area (Å²) < 4.78 is 5.15. The lowest BCUT2D eigenvalue weighted by Gasteiger charge is -2.05. The summed E-state index contributed by atoms with van der Waals surface area (Å²) in [4.78, 5) is 37.7. The van der Waals surface area contributed by atoms with Gasteiger partial charge in [-0.15, -0.1) is 0 Å². The smallest absolute Gasteiger partial charge is 0.311 e. The van der Waals surface area contributed by atoms with Crippen molar-refractivity contribution in [1.29, 1.82) is 0 Å². The Morgan fingerprint density at radius 3 is 2.57 bits per heavy atom. The number of hydrogen-bond acceptors (Lipinski definition) is 5. The number of rotatable bonds is 8. The van der Waals surface area contributed by atoms with Crippen molar-refractivity contribution in [3.05, 3.63) is 24.0 Å². The van der Waals surface area contributed by atoms with Crippen LogP contribution in [-0.2, 0) is 9.59 Å². The van der Waals surface area contributed by atoms with Crippen molar-refractivity contribution in [1.82, 2.24) is 10.3 Å². The van der Waals surface area contributed by atoms with Crippen LogP contribution in [0.5, 0.6) is 5.75 Å². The highest BCUT2D eigenvalue weighted by Crippen LogP contribution is 2.13. The molecule has 1 aromatic rings. The van der Waals surface area contributed by atoms with E-state index in [-0.39, 0.29) is 29.8 Å². The zero-order valence-electron chi connectivity index (χ0n) is 12.3. The highest BCUT2D eigenvalue weighted by atomic mass is 16.5. The highest BCUT2D eigenvalue weighted by molar-refractivity contribution is 5.92. The zero-order chi connectivity index (χ0) is 15.7. The first-order valence-electron chi connectivity index (χ1n) is 6.91. The minimum atomic E-state index is -0.355. The molecule has 21 heavy (non-hydrogen) atoms. The summed E-state index contributed by atoms with van der Waals surface area (Å²) in [7, 11) is 1.50. The molecule has 0 aliphatic carbocycles. The maximum Gasteiger partial charge on any atom is 0.311 e. The Kier molecular flexibility index (Phi) is 7.08. The van der Waals surface area contributed by atoms with Gasteiger partial charge < -0.3 is 14.8 Å². The molecule has 1 N–H and O–H groups in total. The first kappa shape index (κ1) is 16.8. The van der Waals surface area contributed by atoms with Crippen molar-refractivity contribution in [2.75, 3.05) is 7.05 Å². The van der Waals surface area contributed by atoms with Crippen LogP contribution < -0.4 is 10.1 Å². The molecule has 114 valence electrons. The standard InChI is InChI=1S/C15H20N2O4/c1-11(18)6-4-3-5-7-14(19)21-12-8-9-17-13(10-12)15(20)16-2/h8-10H,3-7H2,1-2H3,(H,16,20). The van der Waals surface area contributed by atoms with Gasteiger partial charge in [0.2, 0.25) is 0 Å². The molecule has 0 atom stereocenters. The lowest BCUT2D eigenvalue weighted by atomic mass is 10.1. The van der Waals surface area contributed by atoms with E-state index in [0.29, 0.717) is 18.6 Å². The number of nitrogens with one attached hydrogen (secondary N) is 1. The fourth-order valence-corrected chi connectivity index (χ4v) is 1.73. The monoisotopic (exact) mass is 292 g/mol. The maximum absolute atomic E-state index is 11.7. The second-order valence-corrected chi connectivity index (χ2v) is 4.69. The number of aromatic nitrogens is 1. The van der Waals surface area contributed by atoms with Crippen molar-refractivity contribution in [3.63, 3.8) is 0 Å². The molecule has 1 heterocycles. The molecule has 0 aromatic carbocycles. The number of Topliss-reactive ketones (excluding diaryl/α,β-unsaturated/α-hetero) is 1. The number of ketones is 1. The second-order valence-electron chi connectivity index (χ2n) is 4.69. The highest BCUT2D eigenvalue weighted by Gasteiger charge is 2.09. The Bertz CT molecular complexity index is 514. The average Bonchev–Trinajstić information content (AvgIpc) is 2.46. The number of unbranched alkanes of at least 4 members (excludes halogenated alkanes) is 2. The van der Waals surface area contributed by atoms with Crippen LogP contribution in [0.3, 0.4) is 0 Å². The Hall–Kier alpha value is -2.24. The first-order chi connectivity index (χ1) is 10.0. The molecule has 1 rings (SSSR count). The van der Waals surface area contributed by atoms with Gasteiger partial charge in [-0.25, -0.2) is 0 Å². The number of esters is 1. The summed E-state index contributed by atoms with van der Waals surface area (Å²) in [5.74, 6) is -0.225. The van der Waals surface area contributed by atoms with Crippen LogP contribution >= 0.6 is 0 Å². The Balaban J connectivity index is 2.37. The Labute approximate surface area is 123 Å². The van der Waals surface area contributed by atoms with E-state index in [9.17, 15) is 14.4 Å². The van der Waals surface area contributed by atoms with E-state index >= 15 is 0 Å². The summed E-state index contributed by atoms with van der Waals surface area (Å²) in [5, 5.41) is 2.45. The zero-order valence-corrected chi connectivity index (χ0v) is 12.3. The number of hydrogen-bond donors (Lipinski definition) is 1. The number of pyridine rings is 1. The molecule has 0 saturated carbocycles. The molecule has 6 heteroatoms. The summed E-state index contributed by atoms with van der Waals surface area (Å²) >= 11 is 0. The van der Waals surface area contributed by atoms with Gasteiger partial charge in [0, 0.05) is 32.2 Å². The topological polar surface area (TPSA) is 85.4 Å². The van der Waals surface area contributed by atoms with Crippen LogP contribution in [0.2, 0.25) is 0 Å². The van der Waals surface area contributed by atoms with Gasteiger partial charge in [0.05, 0.1) is 0 Å². The molecule has 0 bridgehead atoms. The normalized spacial score (nSPS) is 10.0. The summed E-state index contributed by atoms with van der Waals surface area (Å²) in [5.41, 5.74) is 0.198. The van der Waals surface area contributed by atoms with Crippen molar-refractivity contribution < 1.29 is 19.1 Å². The van der Waals surface area contributed by atoms with Gasteiger partial charge in [-0.3, -0.25) is 14.6 Å². The summed E-state index contributed by atoms with van der Waals surface area (Å²) in [6.45, 7) is 1.56. The number of ether oxygens (including phenoxy) is 1. The minimum Gasteiger partial charge on any atom is -0.426 e. The second kappa shape index (κ2) is 8.84. The van der Waals surface area contributed by atoms with E-state index in [1.54, 1.807) is 6.92 Å². The first-order valence-corrected chi connectivity index (χ1v) is 6.91. The third-order valence-corrected chi connectivity index (χ3v) is 2.83. The molecule has 0 fully saturated rings. The van der Waals surface area contributed by atoms with Crippen molar-refractivity contribution in [3.8, 4) is 5.75 Å².